The fourth-order valence-corrected chi connectivity index (χ4v) is 2.83. The summed E-state index contributed by atoms with van der Waals surface area (Å²) in [5, 5.41) is 0. The Morgan fingerprint density at radius 1 is 1.22 bits per heavy atom. The molecule has 0 aliphatic carbocycles. The highest BCUT2D eigenvalue weighted by atomic mass is 15.2. The highest BCUT2D eigenvalue weighted by Crippen LogP contribution is 2.36. The van der Waals surface area contributed by atoms with E-state index in [0.717, 1.165) is 11.6 Å². The molecule has 1 aromatic rings. The summed E-state index contributed by atoms with van der Waals surface area (Å²) in [4.78, 5) is 2.60. The summed E-state index contributed by atoms with van der Waals surface area (Å²) in [6, 6.07) is 8.82. The molecule has 2 heteroatoms. The van der Waals surface area contributed by atoms with Crippen molar-refractivity contribution >= 4 is 5.69 Å². The van der Waals surface area contributed by atoms with Crippen molar-refractivity contribution < 1.29 is 0 Å². The molecule has 0 aromatic heterocycles. The van der Waals surface area contributed by atoms with Crippen molar-refractivity contribution in [2.24, 2.45) is 11.3 Å². The van der Waals surface area contributed by atoms with Crippen LogP contribution in [-0.4, -0.2) is 18.0 Å². The van der Waals surface area contributed by atoms with Crippen LogP contribution in [0.3, 0.4) is 0 Å². The molecule has 0 radical (unpaired) electrons. The molecule has 1 fully saturated rings. The number of hydrogen-bond acceptors (Lipinski definition) is 2. The zero-order valence-corrected chi connectivity index (χ0v) is 12.1. The van der Waals surface area contributed by atoms with E-state index in [-0.39, 0.29) is 0 Å². The molecule has 2 N–H and O–H groups in total. The third-order valence-electron chi connectivity index (χ3n) is 4.41. The van der Waals surface area contributed by atoms with Gasteiger partial charge in [-0.2, -0.15) is 0 Å². The maximum atomic E-state index is 5.75. The SMILES string of the molecule is CC(c1ccc(N)cc1)N1CCC(C(C)(C)C)C1. The number of hydrogen-bond donors (Lipinski definition) is 1. The molecular formula is C16H26N2. The van der Waals surface area contributed by atoms with Crippen molar-refractivity contribution in [3.8, 4) is 0 Å². The Bertz CT molecular complexity index is 389. The van der Waals surface area contributed by atoms with Crippen LogP contribution in [0.2, 0.25) is 0 Å². The molecule has 0 spiro atoms. The summed E-state index contributed by atoms with van der Waals surface area (Å²) < 4.78 is 0. The Balaban J connectivity index is 2.03. The third-order valence-corrected chi connectivity index (χ3v) is 4.41. The second kappa shape index (κ2) is 4.93. The number of nitrogens with zero attached hydrogens (tertiary/aromatic N) is 1. The Morgan fingerprint density at radius 3 is 2.33 bits per heavy atom. The van der Waals surface area contributed by atoms with Crippen molar-refractivity contribution in [3.63, 3.8) is 0 Å². The fraction of sp³-hybridized carbons (Fsp3) is 0.625. The molecule has 18 heavy (non-hydrogen) atoms. The first-order valence-electron chi connectivity index (χ1n) is 6.97. The maximum Gasteiger partial charge on any atom is 0.0320 e. The minimum Gasteiger partial charge on any atom is -0.399 e. The lowest BCUT2D eigenvalue weighted by Gasteiger charge is -2.29. The number of likely N-dealkylation sites (tertiary alicyclic amines) is 1. The van der Waals surface area contributed by atoms with Crippen LogP contribution < -0.4 is 5.73 Å². The molecule has 0 amide bonds. The van der Waals surface area contributed by atoms with Crippen LogP contribution in [0.4, 0.5) is 5.69 Å². The number of nitrogen functional groups attached to an aromatic ring is 1. The lowest BCUT2D eigenvalue weighted by atomic mass is 9.80. The van der Waals surface area contributed by atoms with Gasteiger partial charge in [-0.3, -0.25) is 4.90 Å². The van der Waals surface area contributed by atoms with E-state index in [1.807, 2.05) is 12.1 Å². The summed E-state index contributed by atoms with van der Waals surface area (Å²) in [5.41, 5.74) is 8.39. The van der Waals surface area contributed by atoms with Gasteiger partial charge in [0.1, 0.15) is 0 Å². The molecule has 1 aliphatic heterocycles. The first-order chi connectivity index (χ1) is 8.38. The normalized spacial score (nSPS) is 23.2. The smallest absolute Gasteiger partial charge is 0.0320 e. The van der Waals surface area contributed by atoms with Crippen LogP contribution in [0.1, 0.15) is 45.7 Å². The van der Waals surface area contributed by atoms with Gasteiger partial charge >= 0.3 is 0 Å². The van der Waals surface area contributed by atoms with Crippen molar-refractivity contribution in [3.05, 3.63) is 29.8 Å². The fourth-order valence-electron chi connectivity index (χ4n) is 2.83. The quantitative estimate of drug-likeness (QED) is 0.806. The zero-order chi connectivity index (χ0) is 13.3. The number of nitrogens with two attached hydrogens (primary N) is 1. The minimum atomic E-state index is 0.426. The highest BCUT2D eigenvalue weighted by Gasteiger charge is 2.33. The van der Waals surface area contributed by atoms with Gasteiger partial charge in [-0.25, -0.2) is 0 Å². The predicted molar refractivity (Wildman–Crippen MR) is 78.4 cm³/mol. The van der Waals surface area contributed by atoms with E-state index in [4.69, 9.17) is 5.73 Å². The highest BCUT2D eigenvalue weighted by molar-refractivity contribution is 5.40. The third kappa shape index (κ3) is 2.86. The first kappa shape index (κ1) is 13.4. The molecule has 2 rings (SSSR count). The molecule has 0 bridgehead atoms. The van der Waals surface area contributed by atoms with Crippen molar-refractivity contribution in [2.45, 2.75) is 40.2 Å². The van der Waals surface area contributed by atoms with Crippen LogP contribution in [0.5, 0.6) is 0 Å². The Kier molecular flexibility index (Phi) is 3.67. The minimum absolute atomic E-state index is 0.426. The molecule has 2 atom stereocenters. The maximum absolute atomic E-state index is 5.75. The lowest BCUT2D eigenvalue weighted by Crippen LogP contribution is -2.28. The molecule has 1 heterocycles. The van der Waals surface area contributed by atoms with E-state index in [9.17, 15) is 0 Å². The van der Waals surface area contributed by atoms with Gasteiger partial charge in [-0.15, -0.1) is 0 Å². The van der Waals surface area contributed by atoms with Gasteiger partial charge < -0.3 is 5.73 Å². The molecule has 1 aromatic carbocycles. The second-order valence-corrected chi connectivity index (χ2v) is 6.69. The first-order valence-corrected chi connectivity index (χ1v) is 6.97. The van der Waals surface area contributed by atoms with Gasteiger partial charge in [0.2, 0.25) is 0 Å². The largest absolute Gasteiger partial charge is 0.399 e. The Morgan fingerprint density at radius 2 is 1.83 bits per heavy atom. The molecule has 1 aliphatic rings. The summed E-state index contributed by atoms with van der Waals surface area (Å²) in [7, 11) is 0. The molecule has 0 saturated carbocycles. The van der Waals surface area contributed by atoms with E-state index in [1.54, 1.807) is 0 Å². The topological polar surface area (TPSA) is 29.3 Å². The van der Waals surface area contributed by atoms with E-state index >= 15 is 0 Å². The van der Waals surface area contributed by atoms with Gasteiger partial charge in [0.05, 0.1) is 0 Å². The average Bonchev–Trinajstić information content (AvgIpc) is 2.78. The van der Waals surface area contributed by atoms with E-state index in [0.29, 0.717) is 11.5 Å². The molecule has 100 valence electrons. The summed E-state index contributed by atoms with van der Waals surface area (Å²) in [5.74, 6) is 0.814. The number of anilines is 1. The average molecular weight is 246 g/mol. The van der Waals surface area contributed by atoms with Crippen LogP contribution in [0, 0.1) is 11.3 Å². The molecule has 2 unspecified atom stereocenters. The summed E-state index contributed by atoms with van der Waals surface area (Å²) in [6.45, 7) is 11.8. The standard InChI is InChI=1S/C16H26N2/c1-12(13-5-7-15(17)8-6-13)18-10-9-14(11-18)16(2,3)4/h5-8,12,14H,9-11,17H2,1-4H3. The Hall–Kier alpha value is -1.02. The van der Waals surface area contributed by atoms with E-state index in [1.165, 1.54) is 25.1 Å². The van der Waals surface area contributed by atoms with Crippen LogP contribution >= 0.6 is 0 Å². The predicted octanol–water partition coefficient (Wildman–Crippen LogP) is 3.70. The molecule has 2 nitrogen and oxygen atoms in total. The molecular weight excluding hydrogens is 220 g/mol. The Labute approximate surface area is 111 Å². The van der Waals surface area contributed by atoms with Crippen LogP contribution in [-0.2, 0) is 0 Å². The van der Waals surface area contributed by atoms with Crippen LogP contribution in [0.15, 0.2) is 24.3 Å². The van der Waals surface area contributed by atoms with E-state index < -0.39 is 0 Å². The van der Waals surface area contributed by atoms with E-state index in [2.05, 4.69) is 44.7 Å². The van der Waals surface area contributed by atoms with Gasteiger partial charge in [0.25, 0.3) is 0 Å². The van der Waals surface area contributed by atoms with Crippen molar-refractivity contribution in [1.82, 2.24) is 4.90 Å². The summed E-state index contributed by atoms with van der Waals surface area (Å²) in [6.07, 6.45) is 1.32. The van der Waals surface area contributed by atoms with Crippen LogP contribution in [0.25, 0.3) is 0 Å². The van der Waals surface area contributed by atoms with Gasteiger partial charge in [0.15, 0.2) is 0 Å². The lowest BCUT2D eigenvalue weighted by molar-refractivity contribution is 0.203. The monoisotopic (exact) mass is 246 g/mol. The van der Waals surface area contributed by atoms with Gasteiger partial charge in [-0.05, 0) is 48.9 Å². The summed E-state index contributed by atoms with van der Waals surface area (Å²) >= 11 is 0. The van der Waals surface area contributed by atoms with Gasteiger partial charge in [-0.1, -0.05) is 32.9 Å². The van der Waals surface area contributed by atoms with Gasteiger partial charge in [0, 0.05) is 18.3 Å². The van der Waals surface area contributed by atoms with Crippen molar-refractivity contribution in [2.75, 3.05) is 18.8 Å². The second-order valence-electron chi connectivity index (χ2n) is 6.69. The molecule has 1 saturated heterocycles. The number of benzene rings is 1. The number of rotatable bonds is 2. The van der Waals surface area contributed by atoms with Crippen molar-refractivity contribution in [1.29, 1.82) is 0 Å². The zero-order valence-electron chi connectivity index (χ0n) is 12.1.